The van der Waals surface area contributed by atoms with E-state index in [4.69, 9.17) is 9.47 Å². The van der Waals surface area contributed by atoms with E-state index >= 15 is 0 Å². The van der Waals surface area contributed by atoms with Crippen molar-refractivity contribution >= 4 is 5.97 Å². The molecule has 4 nitrogen and oxygen atoms in total. The second-order valence-electron chi connectivity index (χ2n) is 3.76. The number of pyridine rings is 1. The van der Waals surface area contributed by atoms with Gasteiger partial charge in [0.2, 0.25) is 0 Å². The summed E-state index contributed by atoms with van der Waals surface area (Å²) in [6.07, 6.45) is 1.50. The van der Waals surface area contributed by atoms with Crippen molar-refractivity contribution in [2.24, 2.45) is 0 Å². The standard InChI is InChI=1S/C14H13NO3/c1-10-6-7-11(9-15-10)14(16)18-13-5-3-4-12(8-13)17-2/h3-9H,1-2H3. The van der Waals surface area contributed by atoms with Crippen molar-refractivity contribution < 1.29 is 14.3 Å². The van der Waals surface area contributed by atoms with Gasteiger partial charge in [-0.1, -0.05) is 6.07 Å². The lowest BCUT2D eigenvalue weighted by molar-refractivity contribution is 0.0734. The number of ether oxygens (including phenoxy) is 2. The lowest BCUT2D eigenvalue weighted by atomic mass is 10.2. The van der Waals surface area contributed by atoms with Crippen LogP contribution in [0.3, 0.4) is 0 Å². The zero-order chi connectivity index (χ0) is 13.0. The third kappa shape index (κ3) is 2.85. The van der Waals surface area contributed by atoms with Crippen LogP contribution in [0.5, 0.6) is 11.5 Å². The Labute approximate surface area is 105 Å². The van der Waals surface area contributed by atoms with Crippen LogP contribution in [0.4, 0.5) is 0 Å². The third-order valence-corrected chi connectivity index (χ3v) is 2.40. The first-order valence-corrected chi connectivity index (χ1v) is 5.48. The van der Waals surface area contributed by atoms with Crippen molar-refractivity contribution in [1.82, 2.24) is 4.98 Å². The fraction of sp³-hybridized carbons (Fsp3) is 0.143. The number of carbonyl (C=O) groups excluding carboxylic acids is 1. The minimum Gasteiger partial charge on any atom is -0.497 e. The Morgan fingerprint density at radius 2 is 1.94 bits per heavy atom. The normalized spacial score (nSPS) is 9.89. The molecule has 0 bridgehead atoms. The second-order valence-corrected chi connectivity index (χ2v) is 3.76. The van der Waals surface area contributed by atoms with Gasteiger partial charge in [-0.3, -0.25) is 4.98 Å². The molecule has 2 rings (SSSR count). The molecule has 0 aliphatic carbocycles. The maximum absolute atomic E-state index is 11.8. The second kappa shape index (κ2) is 5.31. The van der Waals surface area contributed by atoms with Gasteiger partial charge < -0.3 is 9.47 Å². The Bertz CT molecular complexity index is 549. The number of aromatic nitrogens is 1. The van der Waals surface area contributed by atoms with Crippen molar-refractivity contribution in [2.45, 2.75) is 6.92 Å². The fourth-order valence-corrected chi connectivity index (χ4v) is 1.42. The zero-order valence-corrected chi connectivity index (χ0v) is 10.2. The molecule has 0 fully saturated rings. The molecule has 0 N–H and O–H groups in total. The van der Waals surface area contributed by atoms with Crippen molar-refractivity contribution in [3.8, 4) is 11.5 Å². The van der Waals surface area contributed by atoms with Crippen LogP contribution in [0.15, 0.2) is 42.6 Å². The van der Waals surface area contributed by atoms with Crippen LogP contribution < -0.4 is 9.47 Å². The van der Waals surface area contributed by atoms with Gasteiger partial charge in [-0.05, 0) is 31.2 Å². The number of rotatable bonds is 3. The molecule has 1 aromatic carbocycles. The van der Waals surface area contributed by atoms with Crippen molar-refractivity contribution in [2.75, 3.05) is 7.11 Å². The molecule has 0 radical (unpaired) electrons. The van der Waals surface area contributed by atoms with Crippen LogP contribution in [-0.4, -0.2) is 18.1 Å². The number of hydrogen-bond acceptors (Lipinski definition) is 4. The van der Waals surface area contributed by atoms with E-state index in [9.17, 15) is 4.79 Å². The molecule has 1 heterocycles. The van der Waals surface area contributed by atoms with Crippen LogP contribution in [0.1, 0.15) is 16.1 Å². The molecule has 4 heteroatoms. The van der Waals surface area contributed by atoms with Gasteiger partial charge in [0.15, 0.2) is 0 Å². The number of aryl methyl sites for hydroxylation is 1. The summed E-state index contributed by atoms with van der Waals surface area (Å²) in [5, 5.41) is 0. The van der Waals surface area contributed by atoms with Gasteiger partial charge in [0.05, 0.1) is 12.7 Å². The number of nitrogens with zero attached hydrogens (tertiary/aromatic N) is 1. The third-order valence-electron chi connectivity index (χ3n) is 2.40. The number of benzene rings is 1. The maximum Gasteiger partial charge on any atom is 0.345 e. The van der Waals surface area contributed by atoms with E-state index in [2.05, 4.69) is 4.98 Å². The van der Waals surface area contributed by atoms with E-state index in [-0.39, 0.29) is 0 Å². The lowest BCUT2D eigenvalue weighted by Crippen LogP contribution is -2.08. The van der Waals surface area contributed by atoms with Crippen molar-refractivity contribution in [3.63, 3.8) is 0 Å². The average molecular weight is 243 g/mol. The molecule has 0 spiro atoms. The first-order chi connectivity index (χ1) is 8.69. The number of methoxy groups -OCH3 is 1. The van der Waals surface area contributed by atoms with Crippen molar-refractivity contribution in [3.05, 3.63) is 53.9 Å². The highest BCUT2D eigenvalue weighted by atomic mass is 16.5. The van der Waals surface area contributed by atoms with Gasteiger partial charge in [-0.15, -0.1) is 0 Å². The molecule has 0 saturated carbocycles. The topological polar surface area (TPSA) is 48.4 Å². The summed E-state index contributed by atoms with van der Waals surface area (Å²) >= 11 is 0. The van der Waals surface area contributed by atoms with Gasteiger partial charge in [0.25, 0.3) is 0 Å². The molecule has 0 saturated heterocycles. The SMILES string of the molecule is COc1cccc(OC(=O)c2ccc(C)nc2)c1. The lowest BCUT2D eigenvalue weighted by Gasteiger charge is -2.05. The van der Waals surface area contributed by atoms with Gasteiger partial charge in [-0.25, -0.2) is 4.79 Å². The van der Waals surface area contributed by atoms with Crippen LogP contribution in [0, 0.1) is 6.92 Å². The Balaban J connectivity index is 2.13. The number of hydrogen-bond donors (Lipinski definition) is 0. The number of carbonyl (C=O) groups is 1. The summed E-state index contributed by atoms with van der Waals surface area (Å²) < 4.78 is 10.3. The van der Waals surface area contributed by atoms with Gasteiger partial charge in [0, 0.05) is 18.0 Å². The van der Waals surface area contributed by atoms with Crippen LogP contribution in [0.2, 0.25) is 0 Å². The Kier molecular flexibility index (Phi) is 3.57. The van der Waals surface area contributed by atoms with E-state index in [1.807, 2.05) is 6.92 Å². The molecule has 18 heavy (non-hydrogen) atoms. The van der Waals surface area contributed by atoms with Gasteiger partial charge >= 0.3 is 5.97 Å². The summed E-state index contributed by atoms with van der Waals surface area (Å²) in [7, 11) is 1.56. The molecule has 0 aliphatic heterocycles. The molecule has 0 amide bonds. The molecule has 0 atom stereocenters. The van der Waals surface area contributed by atoms with E-state index < -0.39 is 5.97 Å². The van der Waals surface area contributed by atoms with E-state index in [1.165, 1.54) is 6.20 Å². The maximum atomic E-state index is 11.8. The Hall–Kier alpha value is -2.36. The van der Waals surface area contributed by atoms with Gasteiger partial charge in [0.1, 0.15) is 11.5 Å². The quantitative estimate of drug-likeness (QED) is 0.614. The average Bonchev–Trinajstić information content (AvgIpc) is 2.39. The molecule has 92 valence electrons. The predicted octanol–water partition coefficient (Wildman–Crippen LogP) is 2.62. The summed E-state index contributed by atoms with van der Waals surface area (Å²) in [5.41, 5.74) is 1.27. The van der Waals surface area contributed by atoms with E-state index in [0.29, 0.717) is 17.1 Å². The highest BCUT2D eigenvalue weighted by Crippen LogP contribution is 2.19. The summed E-state index contributed by atoms with van der Waals surface area (Å²) in [4.78, 5) is 15.9. The largest absolute Gasteiger partial charge is 0.497 e. The van der Waals surface area contributed by atoms with E-state index in [1.54, 1.807) is 43.5 Å². The smallest absolute Gasteiger partial charge is 0.345 e. The van der Waals surface area contributed by atoms with Crippen LogP contribution in [-0.2, 0) is 0 Å². The fourth-order valence-electron chi connectivity index (χ4n) is 1.42. The Morgan fingerprint density at radius 3 is 2.61 bits per heavy atom. The van der Waals surface area contributed by atoms with Crippen LogP contribution in [0.25, 0.3) is 0 Å². The predicted molar refractivity (Wildman–Crippen MR) is 66.9 cm³/mol. The zero-order valence-electron chi connectivity index (χ0n) is 10.2. The molecule has 0 aliphatic rings. The van der Waals surface area contributed by atoms with Gasteiger partial charge in [-0.2, -0.15) is 0 Å². The first kappa shape index (κ1) is 12.1. The highest BCUT2D eigenvalue weighted by molar-refractivity contribution is 5.90. The molecule has 2 aromatic rings. The van der Waals surface area contributed by atoms with Crippen molar-refractivity contribution in [1.29, 1.82) is 0 Å². The monoisotopic (exact) mass is 243 g/mol. The summed E-state index contributed by atoms with van der Waals surface area (Å²) in [6.45, 7) is 1.86. The van der Waals surface area contributed by atoms with Crippen LogP contribution >= 0.6 is 0 Å². The molecular weight excluding hydrogens is 230 g/mol. The minimum atomic E-state index is -0.434. The highest BCUT2D eigenvalue weighted by Gasteiger charge is 2.09. The molecule has 0 unspecified atom stereocenters. The molecular formula is C14H13NO3. The Morgan fingerprint density at radius 1 is 1.17 bits per heavy atom. The van der Waals surface area contributed by atoms with E-state index in [0.717, 1.165) is 5.69 Å². The summed E-state index contributed by atoms with van der Waals surface area (Å²) in [5.74, 6) is 0.651. The molecule has 1 aromatic heterocycles. The minimum absolute atomic E-state index is 0.420. The first-order valence-electron chi connectivity index (χ1n) is 5.48. The number of esters is 1. The summed E-state index contributed by atoms with van der Waals surface area (Å²) in [6, 6.07) is 10.3.